The topological polar surface area (TPSA) is 36.0 Å². The minimum absolute atomic E-state index is 0.182. The van der Waals surface area contributed by atoms with Gasteiger partial charge < -0.3 is 14.5 Å². The van der Waals surface area contributed by atoms with Gasteiger partial charge in [-0.1, -0.05) is 6.92 Å². The minimum atomic E-state index is -0.442. The number of nitrogens with zero attached hydrogens (tertiary/aromatic N) is 3. The van der Waals surface area contributed by atoms with E-state index in [9.17, 15) is 4.79 Å². The zero-order valence-electron chi connectivity index (χ0n) is 18.4. The van der Waals surface area contributed by atoms with Gasteiger partial charge in [0.25, 0.3) is 0 Å². The summed E-state index contributed by atoms with van der Waals surface area (Å²) >= 11 is 0. The molecular formula is C21H41N3O2. The van der Waals surface area contributed by atoms with Gasteiger partial charge in [-0.2, -0.15) is 0 Å². The molecule has 0 bridgehead atoms. The van der Waals surface area contributed by atoms with Crippen molar-refractivity contribution in [1.29, 1.82) is 0 Å². The van der Waals surface area contributed by atoms with Gasteiger partial charge in [-0.25, -0.2) is 4.79 Å². The van der Waals surface area contributed by atoms with Crippen molar-refractivity contribution in [2.24, 2.45) is 5.41 Å². The van der Waals surface area contributed by atoms with Gasteiger partial charge in [0, 0.05) is 32.2 Å². The number of rotatable bonds is 3. The van der Waals surface area contributed by atoms with Gasteiger partial charge in [0.2, 0.25) is 0 Å². The first-order valence-electron chi connectivity index (χ1n) is 10.3. The van der Waals surface area contributed by atoms with Crippen LogP contribution in [0.1, 0.15) is 68.2 Å². The zero-order valence-corrected chi connectivity index (χ0v) is 18.4. The molecule has 2 aliphatic rings. The van der Waals surface area contributed by atoms with Crippen molar-refractivity contribution in [1.82, 2.24) is 14.7 Å². The van der Waals surface area contributed by atoms with Gasteiger partial charge in [0.05, 0.1) is 5.54 Å². The average molecular weight is 368 g/mol. The molecule has 2 aliphatic heterocycles. The van der Waals surface area contributed by atoms with E-state index in [0.717, 1.165) is 26.2 Å². The predicted octanol–water partition coefficient (Wildman–Crippen LogP) is 3.83. The number of piperazine rings is 1. The quantitative estimate of drug-likeness (QED) is 0.759. The molecule has 0 aromatic heterocycles. The minimum Gasteiger partial charge on any atom is -0.444 e. The maximum Gasteiger partial charge on any atom is 0.410 e. The number of amides is 1. The highest BCUT2D eigenvalue weighted by atomic mass is 16.6. The van der Waals surface area contributed by atoms with E-state index in [0.29, 0.717) is 11.5 Å². The smallest absolute Gasteiger partial charge is 0.410 e. The normalized spacial score (nSPS) is 24.7. The summed E-state index contributed by atoms with van der Waals surface area (Å²) in [6.07, 6.45) is 2.34. The maximum absolute atomic E-state index is 12.6. The van der Waals surface area contributed by atoms with Crippen molar-refractivity contribution in [3.05, 3.63) is 0 Å². The fourth-order valence-corrected chi connectivity index (χ4v) is 4.32. The molecule has 152 valence electrons. The molecule has 0 radical (unpaired) electrons. The second kappa shape index (κ2) is 7.67. The SMILES string of the molecule is CC(C)N1CCC(C)(CN2CCN(C(=O)OC(C)(C)C)C(C)(C)C2)CC1. The molecule has 1 amide bonds. The van der Waals surface area contributed by atoms with Crippen LogP contribution in [0.25, 0.3) is 0 Å². The molecule has 0 saturated carbocycles. The highest BCUT2D eigenvalue weighted by molar-refractivity contribution is 5.69. The summed E-state index contributed by atoms with van der Waals surface area (Å²) in [5.74, 6) is 0. The largest absolute Gasteiger partial charge is 0.444 e. The highest BCUT2D eigenvalue weighted by Gasteiger charge is 2.41. The number of carbonyl (C=O) groups is 1. The van der Waals surface area contributed by atoms with Crippen LogP contribution in [0.2, 0.25) is 0 Å². The summed E-state index contributed by atoms with van der Waals surface area (Å²) in [7, 11) is 0. The van der Waals surface area contributed by atoms with Crippen LogP contribution in [0.5, 0.6) is 0 Å². The first kappa shape index (κ1) is 21.5. The lowest BCUT2D eigenvalue weighted by atomic mass is 9.79. The molecular weight excluding hydrogens is 326 g/mol. The number of ether oxygens (including phenoxy) is 1. The molecule has 0 aromatic carbocycles. The Labute approximate surface area is 161 Å². The number of likely N-dealkylation sites (tertiary alicyclic amines) is 1. The second-order valence-corrected chi connectivity index (χ2v) is 10.6. The lowest BCUT2D eigenvalue weighted by molar-refractivity contribution is -0.0341. The standard InChI is InChI=1S/C21H41N3O2/c1-17(2)23-11-9-21(8,10-12-23)16-22-13-14-24(20(6,7)15-22)18(25)26-19(3,4)5/h17H,9-16H2,1-8H3. The molecule has 5 nitrogen and oxygen atoms in total. The van der Waals surface area contributed by atoms with Crippen LogP contribution in [0.15, 0.2) is 0 Å². The number of hydrogen-bond donors (Lipinski definition) is 0. The van der Waals surface area contributed by atoms with E-state index < -0.39 is 5.60 Å². The van der Waals surface area contributed by atoms with E-state index >= 15 is 0 Å². The zero-order chi connectivity index (χ0) is 19.8. The number of hydrogen-bond acceptors (Lipinski definition) is 4. The van der Waals surface area contributed by atoms with E-state index in [-0.39, 0.29) is 11.6 Å². The molecule has 0 unspecified atom stereocenters. The van der Waals surface area contributed by atoms with E-state index in [1.165, 1.54) is 25.9 Å². The lowest BCUT2D eigenvalue weighted by Gasteiger charge is -2.50. The first-order chi connectivity index (χ1) is 11.8. The van der Waals surface area contributed by atoms with Crippen LogP contribution >= 0.6 is 0 Å². The Hall–Kier alpha value is -0.810. The molecule has 0 aromatic rings. The number of piperidine rings is 1. The summed E-state index contributed by atoms with van der Waals surface area (Å²) in [6, 6.07) is 0.649. The van der Waals surface area contributed by atoms with Crippen LogP contribution in [0, 0.1) is 5.41 Å². The van der Waals surface area contributed by atoms with Gasteiger partial charge in [-0.05, 0) is 79.8 Å². The molecule has 2 rings (SSSR count). The first-order valence-corrected chi connectivity index (χ1v) is 10.3. The Morgan fingerprint density at radius 3 is 2.08 bits per heavy atom. The summed E-state index contributed by atoms with van der Waals surface area (Å²) in [6.45, 7) is 23.3. The summed E-state index contributed by atoms with van der Waals surface area (Å²) in [5.41, 5.74) is -0.257. The Morgan fingerprint density at radius 1 is 1.04 bits per heavy atom. The van der Waals surface area contributed by atoms with Crippen LogP contribution in [-0.2, 0) is 4.74 Å². The lowest BCUT2D eigenvalue weighted by Crippen LogP contribution is -2.63. The van der Waals surface area contributed by atoms with Crippen molar-refractivity contribution in [3.63, 3.8) is 0 Å². The molecule has 2 fully saturated rings. The summed E-state index contributed by atoms with van der Waals surface area (Å²) in [4.78, 5) is 19.6. The van der Waals surface area contributed by atoms with Crippen molar-refractivity contribution in [3.8, 4) is 0 Å². The Morgan fingerprint density at radius 2 is 1.62 bits per heavy atom. The third kappa shape index (κ3) is 5.59. The molecule has 5 heteroatoms. The summed E-state index contributed by atoms with van der Waals surface area (Å²) in [5, 5.41) is 0. The Balaban J connectivity index is 1.92. The van der Waals surface area contributed by atoms with Gasteiger partial charge in [0.1, 0.15) is 5.60 Å². The van der Waals surface area contributed by atoms with Gasteiger partial charge in [0.15, 0.2) is 0 Å². The maximum atomic E-state index is 12.6. The second-order valence-electron chi connectivity index (χ2n) is 10.6. The fraction of sp³-hybridized carbons (Fsp3) is 0.952. The highest BCUT2D eigenvalue weighted by Crippen LogP contribution is 2.34. The molecule has 0 spiro atoms. The molecule has 0 N–H and O–H groups in total. The van der Waals surface area contributed by atoms with Gasteiger partial charge >= 0.3 is 6.09 Å². The van der Waals surface area contributed by atoms with Crippen molar-refractivity contribution >= 4 is 6.09 Å². The molecule has 0 atom stereocenters. The Kier molecular flexibility index (Phi) is 6.34. The van der Waals surface area contributed by atoms with Crippen LogP contribution in [0.4, 0.5) is 4.79 Å². The van der Waals surface area contributed by atoms with Crippen molar-refractivity contribution in [2.75, 3.05) is 39.3 Å². The van der Waals surface area contributed by atoms with E-state index in [2.05, 4.69) is 44.4 Å². The third-order valence-electron chi connectivity index (χ3n) is 5.94. The van der Waals surface area contributed by atoms with E-state index in [1.54, 1.807) is 0 Å². The Bertz CT molecular complexity index is 488. The fourth-order valence-electron chi connectivity index (χ4n) is 4.32. The van der Waals surface area contributed by atoms with Gasteiger partial charge in [-0.15, -0.1) is 0 Å². The monoisotopic (exact) mass is 367 g/mol. The summed E-state index contributed by atoms with van der Waals surface area (Å²) < 4.78 is 5.61. The third-order valence-corrected chi connectivity index (χ3v) is 5.94. The van der Waals surface area contributed by atoms with Crippen LogP contribution < -0.4 is 0 Å². The van der Waals surface area contributed by atoms with Crippen LogP contribution in [-0.4, -0.2) is 77.2 Å². The van der Waals surface area contributed by atoms with Crippen molar-refractivity contribution in [2.45, 2.75) is 85.4 Å². The van der Waals surface area contributed by atoms with Crippen LogP contribution in [0.3, 0.4) is 0 Å². The van der Waals surface area contributed by atoms with Gasteiger partial charge in [-0.3, -0.25) is 4.90 Å². The average Bonchev–Trinajstić information content (AvgIpc) is 2.44. The molecule has 2 heterocycles. The van der Waals surface area contributed by atoms with Crippen molar-refractivity contribution < 1.29 is 9.53 Å². The molecule has 26 heavy (non-hydrogen) atoms. The predicted molar refractivity (Wildman–Crippen MR) is 108 cm³/mol. The van der Waals surface area contributed by atoms with E-state index in [1.807, 2.05) is 25.7 Å². The molecule has 0 aliphatic carbocycles. The number of carbonyl (C=O) groups excluding carboxylic acids is 1. The van der Waals surface area contributed by atoms with E-state index in [4.69, 9.17) is 4.74 Å². The molecule has 2 saturated heterocycles.